The van der Waals surface area contributed by atoms with E-state index in [0.29, 0.717) is 6.54 Å². The minimum Gasteiger partial charge on any atom is -0.371 e. The molecule has 0 amide bonds. The van der Waals surface area contributed by atoms with Crippen LogP contribution in [0.1, 0.15) is 19.4 Å². The van der Waals surface area contributed by atoms with Gasteiger partial charge < -0.3 is 10.6 Å². The van der Waals surface area contributed by atoms with Gasteiger partial charge in [0.05, 0.1) is 5.52 Å². The Morgan fingerprint density at radius 1 is 1.18 bits per heavy atom. The fourth-order valence-electron chi connectivity index (χ4n) is 2.15. The average molecular weight is 229 g/mol. The standard InChI is InChI=1S/C14H19N3/c1-3-17(4-2)14-7-8-16-13-9-11(10-15)5-6-12(13)14/h5-9H,3-4,10,15H2,1-2H3. The summed E-state index contributed by atoms with van der Waals surface area (Å²) in [5.74, 6) is 0. The third kappa shape index (κ3) is 2.24. The minimum atomic E-state index is 0.563. The number of nitrogens with two attached hydrogens (primary N) is 1. The van der Waals surface area contributed by atoms with Crippen LogP contribution in [0.15, 0.2) is 30.5 Å². The fraction of sp³-hybridized carbons (Fsp3) is 0.357. The van der Waals surface area contributed by atoms with Crippen molar-refractivity contribution in [3.8, 4) is 0 Å². The zero-order valence-electron chi connectivity index (χ0n) is 10.5. The monoisotopic (exact) mass is 229 g/mol. The van der Waals surface area contributed by atoms with Crippen molar-refractivity contribution < 1.29 is 0 Å². The zero-order valence-corrected chi connectivity index (χ0v) is 10.5. The smallest absolute Gasteiger partial charge is 0.0726 e. The zero-order chi connectivity index (χ0) is 12.3. The number of hydrogen-bond donors (Lipinski definition) is 1. The number of rotatable bonds is 4. The summed E-state index contributed by atoms with van der Waals surface area (Å²) in [7, 11) is 0. The molecule has 1 aromatic heterocycles. The molecule has 0 unspecified atom stereocenters. The summed E-state index contributed by atoms with van der Waals surface area (Å²) >= 11 is 0. The molecule has 0 saturated heterocycles. The molecule has 17 heavy (non-hydrogen) atoms. The van der Waals surface area contributed by atoms with Crippen LogP contribution in [0, 0.1) is 0 Å². The highest BCUT2D eigenvalue weighted by Gasteiger charge is 2.07. The molecular formula is C14H19N3. The molecule has 3 heteroatoms. The van der Waals surface area contributed by atoms with Gasteiger partial charge in [0.15, 0.2) is 0 Å². The van der Waals surface area contributed by atoms with E-state index in [4.69, 9.17) is 5.73 Å². The van der Waals surface area contributed by atoms with Crippen molar-refractivity contribution >= 4 is 16.6 Å². The topological polar surface area (TPSA) is 42.2 Å². The Bertz CT molecular complexity index is 504. The first-order valence-corrected chi connectivity index (χ1v) is 6.12. The molecule has 0 spiro atoms. The lowest BCUT2D eigenvalue weighted by atomic mass is 10.1. The van der Waals surface area contributed by atoms with Gasteiger partial charge in [-0.15, -0.1) is 0 Å². The molecule has 0 atom stereocenters. The number of pyridine rings is 1. The number of hydrogen-bond acceptors (Lipinski definition) is 3. The molecular weight excluding hydrogens is 210 g/mol. The number of nitrogens with zero attached hydrogens (tertiary/aromatic N) is 2. The van der Waals surface area contributed by atoms with Gasteiger partial charge in [0.2, 0.25) is 0 Å². The van der Waals surface area contributed by atoms with E-state index in [9.17, 15) is 0 Å². The quantitative estimate of drug-likeness (QED) is 0.876. The second kappa shape index (κ2) is 5.15. The molecule has 0 aliphatic heterocycles. The van der Waals surface area contributed by atoms with E-state index in [-0.39, 0.29) is 0 Å². The first-order valence-electron chi connectivity index (χ1n) is 6.12. The van der Waals surface area contributed by atoms with Crippen molar-refractivity contribution in [1.82, 2.24) is 4.98 Å². The molecule has 0 fully saturated rings. The van der Waals surface area contributed by atoms with Crippen molar-refractivity contribution in [2.24, 2.45) is 5.73 Å². The van der Waals surface area contributed by atoms with Gasteiger partial charge in [-0.25, -0.2) is 0 Å². The van der Waals surface area contributed by atoms with Crippen molar-refractivity contribution in [2.45, 2.75) is 20.4 Å². The molecule has 1 heterocycles. The van der Waals surface area contributed by atoms with Gasteiger partial charge in [-0.1, -0.05) is 12.1 Å². The van der Waals surface area contributed by atoms with E-state index < -0.39 is 0 Å². The van der Waals surface area contributed by atoms with Crippen LogP contribution in [0.4, 0.5) is 5.69 Å². The molecule has 1 aromatic carbocycles. The SMILES string of the molecule is CCN(CC)c1ccnc2cc(CN)ccc12. The second-order valence-electron chi connectivity index (χ2n) is 4.06. The van der Waals surface area contributed by atoms with Crippen molar-refractivity contribution in [3.05, 3.63) is 36.0 Å². The molecule has 2 N–H and O–H groups in total. The van der Waals surface area contributed by atoms with Gasteiger partial charge in [-0.05, 0) is 31.5 Å². The van der Waals surface area contributed by atoms with E-state index >= 15 is 0 Å². The summed E-state index contributed by atoms with van der Waals surface area (Å²) in [4.78, 5) is 6.76. The summed E-state index contributed by atoms with van der Waals surface area (Å²) in [6.45, 7) is 6.92. The highest BCUT2D eigenvalue weighted by molar-refractivity contribution is 5.91. The molecule has 2 aromatic rings. The van der Waals surface area contributed by atoms with Crippen LogP contribution in [-0.2, 0) is 6.54 Å². The summed E-state index contributed by atoms with van der Waals surface area (Å²) in [6.07, 6.45) is 1.87. The van der Waals surface area contributed by atoms with Crippen LogP contribution >= 0.6 is 0 Å². The molecule has 0 aliphatic rings. The van der Waals surface area contributed by atoms with Crippen LogP contribution in [0.3, 0.4) is 0 Å². The Morgan fingerprint density at radius 3 is 2.59 bits per heavy atom. The normalized spacial score (nSPS) is 10.8. The summed E-state index contributed by atoms with van der Waals surface area (Å²) in [5, 5.41) is 1.20. The molecule has 3 nitrogen and oxygen atoms in total. The Kier molecular flexibility index (Phi) is 3.59. The summed E-state index contributed by atoms with van der Waals surface area (Å²) in [5.41, 5.74) is 9.06. The minimum absolute atomic E-state index is 0.563. The predicted molar refractivity (Wildman–Crippen MR) is 73.2 cm³/mol. The van der Waals surface area contributed by atoms with Gasteiger partial charge in [0.25, 0.3) is 0 Å². The van der Waals surface area contributed by atoms with Crippen molar-refractivity contribution in [2.75, 3.05) is 18.0 Å². The van der Waals surface area contributed by atoms with Crippen molar-refractivity contribution in [3.63, 3.8) is 0 Å². The van der Waals surface area contributed by atoms with Gasteiger partial charge in [-0.3, -0.25) is 4.98 Å². The highest BCUT2D eigenvalue weighted by Crippen LogP contribution is 2.25. The third-order valence-corrected chi connectivity index (χ3v) is 3.12. The number of benzene rings is 1. The van der Waals surface area contributed by atoms with E-state index in [1.807, 2.05) is 6.20 Å². The van der Waals surface area contributed by atoms with E-state index in [1.165, 1.54) is 11.1 Å². The first kappa shape index (κ1) is 11.9. The number of fused-ring (bicyclic) bond motifs is 1. The van der Waals surface area contributed by atoms with Crippen LogP contribution in [0.5, 0.6) is 0 Å². The van der Waals surface area contributed by atoms with E-state index in [2.05, 4.69) is 48.0 Å². The van der Waals surface area contributed by atoms with E-state index in [1.54, 1.807) is 0 Å². The van der Waals surface area contributed by atoms with Crippen LogP contribution in [0.2, 0.25) is 0 Å². The Balaban J connectivity index is 2.57. The molecule has 0 saturated carbocycles. The molecule has 0 aliphatic carbocycles. The Labute approximate surface area is 102 Å². The maximum atomic E-state index is 5.65. The second-order valence-corrected chi connectivity index (χ2v) is 4.06. The van der Waals surface area contributed by atoms with Crippen LogP contribution in [0.25, 0.3) is 10.9 Å². The van der Waals surface area contributed by atoms with Crippen LogP contribution in [-0.4, -0.2) is 18.1 Å². The molecule has 2 rings (SSSR count). The van der Waals surface area contributed by atoms with Gasteiger partial charge in [-0.2, -0.15) is 0 Å². The van der Waals surface area contributed by atoms with Gasteiger partial charge >= 0.3 is 0 Å². The van der Waals surface area contributed by atoms with Gasteiger partial charge in [0, 0.05) is 36.9 Å². The van der Waals surface area contributed by atoms with E-state index in [0.717, 1.165) is 24.2 Å². The number of aromatic nitrogens is 1. The maximum Gasteiger partial charge on any atom is 0.0726 e. The van der Waals surface area contributed by atoms with Gasteiger partial charge in [0.1, 0.15) is 0 Å². The molecule has 0 bridgehead atoms. The maximum absolute atomic E-state index is 5.65. The fourth-order valence-corrected chi connectivity index (χ4v) is 2.15. The first-order chi connectivity index (χ1) is 8.30. The van der Waals surface area contributed by atoms with Crippen LogP contribution < -0.4 is 10.6 Å². The largest absolute Gasteiger partial charge is 0.371 e. The lowest BCUT2D eigenvalue weighted by Crippen LogP contribution is -2.22. The van der Waals surface area contributed by atoms with Crippen molar-refractivity contribution in [1.29, 1.82) is 0 Å². The Hall–Kier alpha value is -1.61. The highest BCUT2D eigenvalue weighted by atomic mass is 15.1. The molecule has 0 radical (unpaired) electrons. The number of anilines is 1. The third-order valence-electron chi connectivity index (χ3n) is 3.12. The summed E-state index contributed by atoms with van der Waals surface area (Å²) < 4.78 is 0. The Morgan fingerprint density at radius 2 is 1.94 bits per heavy atom. The average Bonchev–Trinajstić information content (AvgIpc) is 2.39. The predicted octanol–water partition coefficient (Wildman–Crippen LogP) is 2.54. The lowest BCUT2D eigenvalue weighted by Gasteiger charge is -2.22. The lowest BCUT2D eigenvalue weighted by molar-refractivity contribution is 0.869. The molecule has 90 valence electrons. The summed E-state index contributed by atoms with van der Waals surface area (Å²) in [6, 6.07) is 8.36.